The zero-order valence-electron chi connectivity index (χ0n) is 29.6. The van der Waals surface area contributed by atoms with Crippen LogP contribution in [0.3, 0.4) is 0 Å². The van der Waals surface area contributed by atoms with Crippen molar-refractivity contribution in [1.82, 2.24) is 4.73 Å². The third-order valence-corrected chi connectivity index (χ3v) is 7.32. The second-order valence-electron chi connectivity index (χ2n) is 11.4. The van der Waals surface area contributed by atoms with Crippen LogP contribution in [0.15, 0.2) is 12.1 Å². The summed E-state index contributed by atoms with van der Waals surface area (Å²) >= 11 is 0. The van der Waals surface area contributed by atoms with Crippen LogP contribution in [0.2, 0.25) is 0 Å². The molecule has 0 fully saturated rings. The van der Waals surface area contributed by atoms with Crippen molar-refractivity contribution >= 4 is 5.97 Å². The lowest BCUT2D eigenvalue weighted by Gasteiger charge is -2.08. The molecule has 0 unspecified atom stereocenters. The minimum absolute atomic E-state index is 0.274. The molecule has 2 N–H and O–H groups in total. The van der Waals surface area contributed by atoms with E-state index < -0.39 is 5.97 Å². The molecule has 0 saturated carbocycles. The summed E-state index contributed by atoms with van der Waals surface area (Å²) in [7, 11) is 1.65. The molecule has 282 valence electrons. The summed E-state index contributed by atoms with van der Waals surface area (Å²) in [5.41, 5.74) is 0. The number of methoxy groups -OCH3 is 1. The van der Waals surface area contributed by atoms with Crippen LogP contribution in [0, 0.1) is 0 Å². The van der Waals surface area contributed by atoms with Gasteiger partial charge in [-0.1, -0.05) is 70.6 Å². The van der Waals surface area contributed by atoms with Crippen molar-refractivity contribution < 1.29 is 57.7 Å². The van der Waals surface area contributed by atoms with Crippen LogP contribution in [-0.2, 0) is 42.7 Å². The molecule has 0 aromatic carbocycles. The number of nitrogens with zero attached hydrogens (tertiary/aromatic N) is 1. The van der Waals surface area contributed by atoms with Gasteiger partial charge in [0, 0.05) is 32.3 Å². The van der Waals surface area contributed by atoms with E-state index in [1.165, 1.54) is 69.9 Å². The number of carbonyl (C=O) groups is 1. The summed E-state index contributed by atoms with van der Waals surface area (Å²) in [4.78, 5) is 16.8. The first-order valence-electron chi connectivity index (χ1n) is 18.0. The van der Waals surface area contributed by atoms with Gasteiger partial charge in [0.15, 0.2) is 0 Å². The molecule has 1 heterocycles. The SMILES string of the molecule is COCCOCCOCCOCCOCCOCCOCCOCCCCCCCCCCCCCCCC(=O)On1c(O)ccc1O. The lowest BCUT2D eigenvalue weighted by Crippen LogP contribution is -2.18. The van der Waals surface area contributed by atoms with E-state index in [-0.39, 0.29) is 18.2 Å². The second-order valence-corrected chi connectivity index (χ2v) is 11.4. The molecule has 0 saturated heterocycles. The molecule has 0 amide bonds. The van der Waals surface area contributed by atoms with E-state index in [0.29, 0.717) is 92.5 Å². The van der Waals surface area contributed by atoms with Gasteiger partial charge in [-0.3, -0.25) is 0 Å². The maximum absolute atomic E-state index is 11.8. The van der Waals surface area contributed by atoms with E-state index in [2.05, 4.69) is 0 Å². The Balaban J connectivity index is 1.65. The predicted molar refractivity (Wildman–Crippen MR) is 182 cm³/mol. The van der Waals surface area contributed by atoms with Gasteiger partial charge < -0.3 is 52.9 Å². The molecule has 0 atom stereocenters. The summed E-state index contributed by atoms with van der Waals surface area (Å²) in [5.74, 6) is -1.05. The first kappa shape index (κ1) is 44.1. The number of unbranched alkanes of at least 4 members (excludes halogenated alkanes) is 12. The van der Waals surface area contributed by atoms with E-state index in [1.54, 1.807) is 7.11 Å². The standard InChI is InChI=1S/C35H65NO12/c1-40-19-20-42-23-24-44-27-28-46-31-32-47-30-29-45-26-25-43-22-21-41-18-14-12-10-8-6-4-2-3-5-7-9-11-13-15-35(39)48-36-33(37)16-17-34(36)38/h16-17,37-38H,2-15,18-32H2,1H3. The normalized spacial score (nSPS) is 11.4. The van der Waals surface area contributed by atoms with Crippen molar-refractivity contribution in [3.63, 3.8) is 0 Å². The largest absolute Gasteiger partial charge is 0.492 e. The zero-order valence-corrected chi connectivity index (χ0v) is 29.6. The summed E-state index contributed by atoms with van der Waals surface area (Å²) in [6, 6.07) is 2.53. The molecule has 1 rings (SSSR count). The molecule has 0 spiro atoms. The van der Waals surface area contributed by atoms with Gasteiger partial charge in [-0.05, 0) is 12.8 Å². The van der Waals surface area contributed by atoms with Gasteiger partial charge in [0.25, 0.3) is 0 Å². The van der Waals surface area contributed by atoms with Crippen LogP contribution in [0.1, 0.15) is 89.9 Å². The Hall–Kier alpha value is -1.97. The Bertz CT molecular complexity index is 806. The Morgan fingerprint density at radius 2 is 0.750 bits per heavy atom. The highest BCUT2D eigenvalue weighted by atomic mass is 16.7. The fraction of sp³-hybridized carbons (Fsp3) is 0.857. The van der Waals surface area contributed by atoms with E-state index in [4.69, 9.17) is 42.7 Å². The maximum atomic E-state index is 11.8. The summed E-state index contributed by atoms with van der Waals surface area (Å²) < 4.78 is 44.0. The van der Waals surface area contributed by atoms with Crippen molar-refractivity contribution in [2.45, 2.75) is 89.9 Å². The number of hydrogen-bond donors (Lipinski definition) is 2. The molecule has 0 aliphatic carbocycles. The fourth-order valence-electron chi connectivity index (χ4n) is 4.62. The van der Waals surface area contributed by atoms with Gasteiger partial charge in [0.2, 0.25) is 11.8 Å². The van der Waals surface area contributed by atoms with Crippen LogP contribution in [0.25, 0.3) is 0 Å². The van der Waals surface area contributed by atoms with Crippen molar-refractivity contribution in [3.05, 3.63) is 12.1 Å². The van der Waals surface area contributed by atoms with Crippen LogP contribution in [-0.4, -0.2) is 127 Å². The monoisotopic (exact) mass is 691 g/mol. The average Bonchev–Trinajstić information content (AvgIpc) is 3.40. The third-order valence-electron chi connectivity index (χ3n) is 7.32. The molecule has 48 heavy (non-hydrogen) atoms. The Kier molecular flexibility index (Phi) is 32.0. The zero-order chi connectivity index (χ0) is 34.6. The van der Waals surface area contributed by atoms with Crippen molar-refractivity contribution in [2.75, 3.05) is 106 Å². The average molecular weight is 692 g/mol. The van der Waals surface area contributed by atoms with Crippen molar-refractivity contribution in [1.29, 1.82) is 0 Å². The number of ether oxygens (including phenoxy) is 8. The van der Waals surface area contributed by atoms with Crippen LogP contribution in [0.5, 0.6) is 11.8 Å². The minimum Gasteiger partial charge on any atom is -0.492 e. The second kappa shape index (κ2) is 34.9. The molecule has 0 bridgehead atoms. The van der Waals surface area contributed by atoms with Gasteiger partial charge in [-0.2, -0.15) is 0 Å². The lowest BCUT2D eigenvalue weighted by atomic mass is 10.0. The van der Waals surface area contributed by atoms with E-state index in [0.717, 1.165) is 37.0 Å². The molecular formula is C35H65NO12. The maximum Gasteiger partial charge on any atom is 0.333 e. The van der Waals surface area contributed by atoms with Crippen molar-refractivity contribution in [2.24, 2.45) is 0 Å². The van der Waals surface area contributed by atoms with Crippen LogP contribution < -0.4 is 4.84 Å². The quantitative estimate of drug-likeness (QED) is 0.0893. The molecule has 1 aromatic heterocycles. The summed E-state index contributed by atoms with van der Waals surface area (Å²) in [6.07, 6.45) is 15.6. The van der Waals surface area contributed by atoms with Gasteiger partial charge in [-0.15, -0.1) is 4.73 Å². The number of hydrogen-bond acceptors (Lipinski definition) is 12. The topological polar surface area (TPSA) is 146 Å². The lowest BCUT2D eigenvalue weighted by molar-refractivity contribution is -0.145. The first-order valence-corrected chi connectivity index (χ1v) is 18.0. The predicted octanol–water partition coefficient (Wildman–Crippen LogP) is 5.08. The number of rotatable bonds is 38. The van der Waals surface area contributed by atoms with E-state index in [1.807, 2.05) is 0 Å². The third kappa shape index (κ3) is 29.0. The highest BCUT2D eigenvalue weighted by molar-refractivity contribution is 5.69. The Labute approximate surface area is 288 Å². The van der Waals surface area contributed by atoms with Crippen LogP contribution >= 0.6 is 0 Å². The molecule has 1 aromatic rings. The highest BCUT2D eigenvalue weighted by Crippen LogP contribution is 2.19. The number of carbonyl (C=O) groups excluding carboxylic acids is 1. The van der Waals surface area contributed by atoms with Gasteiger partial charge in [0.05, 0.1) is 92.5 Å². The minimum atomic E-state index is -0.458. The molecule has 0 aliphatic rings. The number of aromatic hydroxyl groups is 2. The molecule has 0 radical (unpaired) electrons. The Morgan fingerprint density at radius 1 is 0.458 bits per heavy atom. The van der Waals surface area contributed by atoms with Gasteiger partial charge in [0.1, 0.15) is 0 Å². The molecule has 13 heteroatoms. The fourth-order valence-corrected chi connectivity index (χ4v) is 4.62. The summed E-state index contributed by atoms with van der Waals surface area (Å²) in [6.45, 7) is 8.60. The highest BCUT2D eigenvalue weighted by Gasteiger charge is 2.11. The van der Waals surface area contributed by atoms with Crippen LogP contribution in [0.4, 0.5) is 0 Å². The summed E-state index contributed by atoms with van der Waals surface area (Å²) in [5, 5.41) is 19.0. The number of aromatic nitrogens is 1. The molecular weight excluding hydrogens is 626 g/mol. The first-order chi connectivity index (χ1) is 23.6. The molecule has 13 nitrogen and oxygen atoms in total. The molecule has 0 aliphatic heterocycles. The van der Waals surface area contributed by atoms with Gasteiger partial charge in [-0.25, -0.2) is 4.79 Å². The van der Waals surface area contributed by atoms with Gasteiger partial charge >= 0.3 is 5.97 Å². The smallest absolute Gasteiger partial charge is 0.333 e. The van der Waals surface area contributed by atoms with E-state index in [9.17, 15) is 15.0 Å². The van der Waals surface area contributed by atoms with Crippen molar-refractivity contribution in [3.8, 4) is 11.8 Å². The Morgan fingerprint density at radius 3 is 1.10 bits per heavy atom. The van der Waals surface area contributed by atoms with E-state index >= 15 is 0 Å².